The quantitative estimate of drug-likeness (QED) is 0.235. The molecule has 2 heterocycles. The Labute approximate surface area is 219 Å². The minimum Gasteiger partial charge on any atom is -0.488 e. The van der Waals surface area contributed by atoms with E-state index in [1.807, 2.05) is 36.0 Å². The van der Waals surface area contributed by atoms with Crippen molar-refractivity contribution >= 4 is 29.9 Å². The van der Waals surface area contributed by atoms with E-state index >= 15 is 0 Å². The van der Waals surface area contributed by atoms with Gasteiger partial charge in [-0.25, -0.2) is 9.67 Å². The molecule has 4 rings (SSSR count). The molecule has 34 heavy (non-hydrogen) atoms. The maximum atomic E-state index is 6.23. The zero-order chi connectivity index (χ0) is 23.0. The molecule has 182 valence electrons. The third-order valence-electron chi connectivity index (χ3n) is 5.56. The number of aryl methyl sites for hydroxylation is 2. The summed E-state index contributed by atoms with van der Waals surface area (Å²) in [5, 5.41) is 11.4. The van der Waals surface area contributed by atoms with Gasteiger partial charge >= 0.3 is 0 Å². The smallest absolute Gasteiger partial charge is 0.191 e. The minimum absolute atomic E-state index is 0. The fourth-order valence-electron chi connectivity index (χ4n) is 3.81. The average molecular weight is 575 g/mol. The first-order valence-electron chi connectivity index (χ1n) is 11.6. The number of ether oxygens (including phenoxy) is 2. The summed E-state index contributed by atoms with van der Waals surface area (Å²) >= 11 is 0. The van der Waals surface area contributed by atoms with Crippen LogP contribution in [0.5, 0.6) is 5.75 Å². The Hall–Kier alpha value is -2.59. The lowest BCUT2D eigenvalue weighted by molar-refractivity contribution is 0.140. The number of nitrogens with one attached hydrogen (secondary N) is 2. The Kier molecular flexibility index (Phi) is 9.76. The van der Waals surface area contributed by atoms with Crippen LogP contribution in [0.1, 0.15) is 35.7 Å². The van der Waals surface area contributed by atoms with Crippen LogP contribution in [0.2, 0.25) is 0 Å². The second-order valence-electron chi connectivity index (χ2n) is 8.29. The van der Waals surface area contributed by atoms with Gasteiger partial charge in [-0.05, 0) is 50.1 Å². The van der Waals surface area contributed by atoms with Crippen molar-refractivity contribution < 1.29 is 9.47 Å². The van der Waals surface area contributed by atoms with Gasteiger partial charge in [0, 0.05) is 31.3 Å². The number of nitrogens with zero attached hydrogens (tertiary/aromatic N) is 3. The molecule has 0 aliphatic carbocycles. The van der Waals surface area contributed by atoms with Gasteiger partial charge in [0.1, 0.15) is 11.9 Å². The van der Waals surface area contributed by atoms with Crippen molar-refractivity contribution in [1.29, 1.82) is 0 Å². The van der Waals surface area contributed by atoms with Crippen LogP contribution in [0.4, 0.5) is 0 Å². The largest absolute Gasteiger partial charge is 0.488 e. The van der Waals surface area contributed by atoms with Gasteiger partial charge in [-0.1, -0.05) is 30.3 Å². The van der Waals surface area contributed by atoms with Crippen LogP contribution >= 0.6 is 24.0 Å². The summed E-state index contributed by atoms with van der Waals surface area (Å²) in [5.41, 5.74) is 5.44. The van der Waals surface area contributed by atoms with Crippen LogP contribution in [-0.2, 0) is 17.8 Å². The molecule has 1 saturated heterocycles. The minimum atomic E-state index is 0. The first kappa shape index (κ1) is 26.0. The Balaban J connectivity index is 0.00000324. The van der Waals surface area contributed by atoms with E-state index in [1.165, 1.54) is 5.56 Å². The van der Waals surface area contributed by atoms with Crippen LogP contribution in [-0.4, -0.2) is 41.6 Å². The average Bonchev–Trinajstić information content (AvgIpc) is 3.48. The first-order valence-corrected chi connectivity index (χ1v) is 11.6. The molecule has 1 unspecified atom stereocenters. The van der Waals surface area contributed by atoms with Gasteiger partial charge in [-0.3, -0.25) is 0 Å². The number of rotatable bonds is 8. The molecule has 1 fully saturated rings. The number of benzene rings is 2. The Morgan fingerprint density at radius 2 is 2.00 bits per heavy atom. The second kappa shape index (κ2) is 12.8. The molecule has 2 aromatic carbocycles. The number of para-hydroxylation sites is 1. The summed E-state index contributed by atoms with van der Waals surface area (Å²) in [7, 11) is 0. The molecule has 3 aromatic rings. The van der Waals surface area contributed by atoms with Crippen molar-refractivity contribution in [3.05, 3.63) is 77.1 Å². The number of aromatic nitrogens is 2. The molecule has 0 saturated carbocycles. The van der Waals surface area contributed by atoms with Gasteiger partial charge in [0.05, 0.1) is 31.1 Å². The molecular formula is C26H34IN5O2. The van der Waals surface area contributed by atoms with Crippen LogP contribution in [0.25, 0.3) is 5.69 Å². The maximum absolute atomic E-state index is 6.23. The molecule has 1 aliphatic rings. The van der Waals surface area contributed by atoms with Gasteiger partial charge in [0.2, 0.25) is 0 Å². The van der Waals surface area contributed by atoms with E-state index in [9.17, 15) is 0 Å². The Morgan fingerprint density at radius 3 is 2.74 bits per heavy atom. The molecule has 1 aliphatic heterocycles. The summed E-state index contributed by atoms with van der Waals surface area (Å²) < 4.78 is 13.6. The van der Waals surface area contributed by atoms with Crippen molar-refractivity contribution in [3.8, 4) is 11.4 Å². The van der Waals surface area contributed by atoms with Crippen molar-refractivity contribution in [2.75, 3.05) is 19.8 Å². The van der Waals surface area contributed by atoms with Crippen molar-refractivity contribution in [2.24, 2.45) is 4.99 Å². The van der Waals surface area contributed by atoms with E-state index in [0.29, 0.717) is 19.7 Å². The summed E-state index contributed by atoms with van der Waals surface area (Å²) in [4.78, 5) is 4.83. The normalized spacial score (nSPS) is 15.6. The van der Waals surface area contributed by atoms with Crippen molar-refractivity contribution in [2.45, 2.75) is 46.4 Å². The lowest BCUT2D eigenvalue weighted by Crippen LogP contribution is -2.37. The highest BCUT2D eigenvalue weighted by atomic mass is 127. The van der Waals surface area contributed by atoms with Crippen LogP contribution < -0.4 is 15.4 Å². The predicted octanol–water partition coefficient (Wildman–Crippen LogP) is 4.53. The fourth-order valence-corrected chi connectivity index (χ4v) is 3.81. The van der Waals surface area contributed by atoms with E-state index in [1.54, 1.807) is 0 Å². The molecule has 8 heteroatoms. The zero-order valence-corrected chi connectivity index (χ0v) is 22.4. The summed E-state index contributed by atoms with van der Waals surface area (Å²) in [5.74, 6) is 1.66. The third kappa shape index (κ3) is 6.96. The van der Waals surface area contributed by atoms with Gasteiger partial charge in [0.25, 0.3) is 0 Å². The maximum Gasteiger partial charge on any atom is 0.191 e. The van der Waals surface area contributed by atoms with Crippen LogP contribution in [0, 0.1) is 13.8 Å². The third-order valence-corrected chi connectivity index (χ3v) is 5.56. The van der Waals surface area contributed by atoms with Gasteiger partial charge in [0.15, 0.2) is 5.96 Å². The number of aliphatic imine (C=N–C) groups is 1. The van der Waals surface area contributed by atoms with Crippen molar-refractivity contribution in [3.63, 3.8) is 0 Å². The van der Waals surface area contributed by atoms with Crippen molar-refractivity contribution in [1.82, 2.24) is 20.4 Å². The standard InChI is InChI=1S/C26H33N5O2.HI/c1-4-27-26(28-16-21-7-5-6-8-24(21)31-13-11-20(3)30-31)29-17-22-10-9-19(2)15-25(22)33-23-12-14-32-18-23;/h5-11,13,15,23H,4,12,14,16-18H2,1-3H3,(H2,27,28,29);1H. The topological polar surface area (TPSA) is 72.7 Å². The van der Waals surface area contributed by atoms with Gasteiger partial charge < -0.3 is 20.1 Å². The zero-order valence-electron chi connectivity index (χ0n) is 20.1. The Morgan fingerprint density at radius 1 is 1.15 bits per heavy atom. The summed E-state index contributed by atoms with van der Waals surface area (Å²) in [6, 6.07) is 16.6. The Bertz CT molecular complexity index is 1090. The summed E-state index contributed by atoms with van der Waals surface area (Å²) in [6.45, 7) is 9.50. The van der Waals surface area contributed by atoms with Crippen LogP contribution in [0.15, 0.2) is 59.7 Å². The second-order valence-corrected chi connectivity index (χ2v) is 8.29. The predicted molar refractivity (Wildman–Crippen MR) is 146 cm³/mol. The monoisotopic (exact) mass is 575 g/mol. The van der Waals surface area contributed by atoms with E-state index in [4.69, 9.17) is 14.5 Å². The summed E-state index contributed by atoms with van der Waals surface area (Å²) in [6.07, 6.45) is 3.03. The lowest BCUT2D eigenvalue weighted by Gasteiger charge is -2.17. The molecule has 1 atom stereocenters. The highest BCUT2D eigenvalue weighted by Gasteiger charge is 2.18. The molecule has 0 bridgehead atoms. The van der Waals surface area contributed by atoms with Gasteiger partial charge in [-0.15, -0.1) is 24.0 Å². The highest BCUT2D eigenvalue weighted by molar-refractivity contribution is 14.0. The number of hydrogen-bond acceptors (Lipinski definition) is 4. The molecule has 7 nitrogen and oxygen atoms in total. The lowest BCUT2D eigenvalue weighted by atomic mass is 10.1. The van der Waals surface area contributed by atoms with Crippen LogP contribution in [0.3, 0.4) is 0 Å². The first-order chi connectivity index (χ1) is 16.1. The molecule has 0 amide bonds. The molecule has 1 aromatic heterocycles. The van der Waals surface area contributed by atoms with E-state index in [-0.39, 0.29) is 30.1 Å². The number of hydrogen-bond donors (Lipinski definition) is 2. The van der Waals surface area contributed by atoms with Gasteiger partial charge in [-0.2, -0.15) is 5.10 Å². The highest BCUT2D eigenvalue weighted by Crippen LogP contribution is 2.24. The number of guanidine groups is 1. The SMILES string of the molecule is CCNC(=NCc1ccc(C)cc1OC1CCOC1)NCc1ccccc1-n1ccc(C)n1.I. The fraction of sp³-hybridized carbons (Fsp3) is 0.385. The number of halogens is 1. The van der Waals surface area contributed by atoms with E-state index in [2.05, 4.69) is 59.9 Å². The molecule has 2 N–H and O–H groups in total. The molecule has 0 radical (unpaired) electrons. The van der Waals surface area contributed by atoms with E-state index < -0.39 is 0 Å². The molecule has 0 spiro atoms. The van der Waals surface area contributed by atoms with E-state index in [0.717, 1.165) is 53.8 Å². The molecular weight excluding hydrogens is 541 g/mol.